The molecular weight excluding hydrogens is 120 g/mol. The topological polar surface area (TPSA) is 0 Å². The van der Waals surface area contributed by atoms with Gasteiger partial charge in [0.15, 0.2) is 0 Å². The van der Waals surface area contributed by atoms with Crippen molar-refractivity contribution in [2.24, 2.45) is 11.3 Å². The van der Waals surface area contributed by atoms with Gasteiger partial charge in [0.1, 0.15) is 0 Å². The van der Waals surface area contributed by atoms with Gasteiger partial charge in [-0.05, 0) is 17.8 Å². The molecule has 0 aromatic rings. The molecule has 0 aliphatic heterocycles. The minimum Gasteiger partial charge on any atom is -0.103 e. The number of hydrogen-bond donors (Lipinski definition) is 0. The highest BCUT2D eigenvalue weighted by atomic mass is 14.3. The van der Waals surface area contributed by atoms with Crippen molar-refractivity contribution < 1.29 is 0 Å². The third-order valence-corrected chi connectivity index (χ3v) is 2.59. The Balaban J connectivity index is 2.27. The van der Waals surface area contributed by atoms with E-state index < -0.39 is 0 Å². The van der Waals surface area contributed by atoms with E-state index in [1.54, 1.807) is 0 Å². The first kappa shape index (κ1) is 7.84. The summed E-state index contributed by atoms with van der Waals surface area (Å²) in [6.45, 7) is 8.40. The number of allylic oxidation sites excluding steroid dienone is 1. The van der Waals surface area contributed by atoms with Crippen molar-refractivity contribution >= 4 is 0 Å². The van der Waals surface area contributed by atoms with Gasteiger partial charge in [-0.3, -0.25) is 0 Å². The Hall–Kier alpha value is -0.260. The maximum atomic E-state index is 3.84. The van der Waals surface area contributed by atoms with Crippen LogP contribution in [-0.4, -0.2) is 0 Å². The summed E-state index contributed by atoms with van der Waals surface area (Å²) in [7, 11) is 0. The van der Waals surface area contributed by atoms with Gasteiger partial charge in [-0.2, -0.15) is 0 Å². The highest BCUT2D eigenvalue weighted by Crippen LogP contribution is 2.37. The Labute approximate surface area is 64.3 Å². The SMILES string of the molecule is C=CC(C)(C)CC1CCC1. The van der Waals surface area contributed by atoms with Crippen LogP contribution in [0.25, 0.3) is 0 Å². The molecule has 0 aromatic heterocycles. The predicted octanol–water partition coefficient (Wildman–Crippen LogP) is 3.39. The van der Waals surface area contributed by atoms with Crippen LogP contribution in [0.4, 0.5) is 0 Å². The Morgan fingerprint density at radius 3 is 2.40 bits per heavy atom. The maximum Gasteiger partial charge on any atom is -0.0175 e. The molecule has 0 unspecified atom stereocenters. The lowest BCUT2D eigenvalue weighted by Crippen LogP contribution is -2.19. The van der Waals surface area contributed by atoms with Gasteiger partial charge in [-0.1, -0.05) is 39.2 Å². The molecule has 0 radical (unpaired) electrons. The van der Waals surface area contributed by atoms with Gasteiger partial charge in [0.05, 0.1) is 0 Å². The van der Waals surface area contributed by atoms with Gasteiger partial charge in [-0.15, -0.1) is 6.58 Å². The third kappa shape index (κ3) is 1.86. The minimum atomic E-state index is 0.380. The van der Waals surface area contributed by atoms with Crippen LogP contribution >= 0.6 is 0 Å². The average Bonchev–Trinajstić information content (AvgIpc) is 1.80. The molecule has 0 saturated heterocycles. The minimum absolute atomic E-state index is 0.380. The van der Waals surface area contributed by atoms with Crippen molar-refractivity contribution in [3.8, 4) is 0 Å². The number of hydrogen-bond acceptors (Lipinski definition) is 0. The zero-order valence-electron chi connectivity index (χ0n) is 7.19. The molecule has 0 spiro atoms. The highest BCUT2D eigenvalue weighted by molar-refractivity contribution is 4.90. The molecule has 58 valence electrons. The zero-order chi connectivity index (χ0) is 7.61. The lowest BCUT2D eigenvalue weighted by atomic mass is 9.74. The Bertz CT molecular complexity index is 118. The van der Waals surface area contributed by atoms with Crippen molar-refractivity contribution in [3.05, 3.63) is 12.7 Å². The smallest absolute Gasteiger partial charge is 0.0175 e. The largest absolute Gasteiger partial charge is 0.103 e. The van der Waals surface area contributed by atoms with E-state index in [4.69, 9.17) is 0 Å². The molecule has 0 heteroatoms. The molecule has 0 nitrogen and oxygen atoms in total. The molecule has 1 fully saturated rings. The van der Waals surface area contributed by atoms with Crippen molar-refractivity contribution in [3.63, 3.8) is 0 Å². The summed E-state index contributed by atoms with van der Waals surface area (Å²) in [5.74, 6) is 1.01. The molecule has 0 bridgehead atoms. The zero-order valence-corrected chi connectivity index (χ0v) is 7.19. The van der Waals surface area contributed by atoms with Crippen molar-refractivity contribution in [1.82, 2.24) is 0 Å². The first-order valence-corrected chi connectivity index (χ1v) is 4.28. The van der Waals surface area contributed by atoms with Crippen molar-refractivity contribution in [1.29, 1.82) is 0 Å². The fourth-order valence-electron chi connectivity index (χ4n) is 1.52. The summed E-state index contributed by atoms with van der Waals surface area (Å²) in [6, 6.07) is 0. The van der Waals surface area contributed by atoms with Crippen LogP contribution in [0.3, 0.4) is 0 Å². The second-order valence-corrected chi connectivity index (χ2v) is 4.19. The van der Waals surface area contributed by atoms with Crippen LogP contribution in [0.2, 0.25) is 0 Å². The molecule has 10 heavy (non-hydrogen) atoms. The van der Waals surface area contributed by atoms with Crippen molar-refractivity contribution in [2.45, 2.75) is 39.5 Å². The fourth-order valence-corrected chi connectivity index (χ4v) is 1.52. The second-order valence-electron chi connectivity index (χ2n) is 4.19. The standard InChI is InChI=1S/C10H18/c1-4-10(2,3)8-9-6-5-7-9/h4,9H,1,5-8H2,2-3H3. The summed E-state index contributed by atoms with van der Waals surface area (Å²) < 4.78 is 0. The lowest BCUT2D eigenvalue weighted by Gasteiger charge is -2.32. The van der Waals surface area contributed by atoms with Crippen LogP contribution in [0.5, 0.6) is 0 Å². The Kier molecular flexibility index (Phi) is 2.18. The monoisotopic (exact) mass is 138 g/mol. The van der Waals surface area contributed by atoms with E-state index in [1.807, 2.05) is 0 Å². The van der Waals surface area contributed by atoms with Crippen LogP contribution in [0, 0.1) is 11.3 Å². The summed E-state index contributed by atoms with van der Waals surface area (Å²) in [6.07, 6.45) is 7.80. The summed E-state index contributed by atoms with van der Waals surface area (Å²) in [5.41, 5.74) is 0.380. The van der Waals surface area contributed by atoms with Gasteiger partial charge >= 0.3 is 0 Å². The van der Waals surface area contributed by atoms with E-state index in [0.717, 1.165) is 5.92 Å². The number of rotatable bonds is 3. The van der Waals surface area contributed by atoms with E-state index in [-0.39, 0.29) is 0 Å². The van der Waals surface area contributed by atoms with Gasteiger partial charge < -0.3 is 0 Å². The molecule has 0 heterocycles. The normalized spacial score (nSPS) is 20.2. The molecule has 1 saturated carbocycles. The molecular formula is C10H18. The second kappa shape index (κ2) is 2.77. The lowest BCUT2D eigenvalue weighted by molar-refractivity contribution is 0.227. The maximum absolute atomic E-state index is 3.84. The molecule has 0 amide bonds. The summed E-state index contributed by atoms with van der Waals surface area (Å²) in [4.78, 5) is 0. The van der Waals surface area contributed by atoms with E-state index in [0.29, 0.717) is 5.41 Å². The quantitative estimate of drug-likeness (QED) is 0.524. The van der Waals surface area contributed by atoms with Gasteiger partial charge in [0, 0.05) is 0 Å². The Morgan fingerprint density at radius 1 is 1.50 bits per heavy atom. The third-order valence-electron chi connectivity index (χ3n) is 2.59. The first-order valence-electron chi connectivity index (χ1n) is 4.28. The van der Waals surface area contributed by atoms with E-state index in [9.17, 15) is 0 Å². The molecule has 1 aliphatic carbocycles. The molecule has 0 N–H and O–H groups in total. The molecule has 1 aliphatic rings. The van der Waals surface area contributed by atoms with E-state index >= 15 is 0 Å². The van der Waals surface area contributed by atoms with Crippen LogP contribution in [0.15, 0.2) is 12.7 Å². The predicted molar refractivity (Wildman–Crippen MR) is 45.9 cm³/mol. The van der Waals surface area contributed by atoms with Gasteiger partial charge in [0.2, 0.25) is 0 Å². The summed E-state index contributed by atoms with van der Waals surface area (Å²) in [5, 5.41) is 0. The van der Waals surface area contributed by atoms with Gasteiger partial charge in [0.25, 0.3) is 0 Å². The van der Waals surface area contributed by atoms with Gasteiger partial charge in [-0.25, -0.2) is 0 Å². The molecule has 1 rings (SSSR count). The van der Waals surface area contributed by atoms with Crippen LogP contribution < -0.4 is 0 Å². The summed E-state index contributed by atoms with van der Waals surface area (Å²) >= 11 is 0. The fraction of sp³-hybridized carbons (Fsp3) is 0.800. The highest BCUT2D eigenvalue weighted by Gasteiger charge is 2.24. The average molecular weight is 138 g/mol. The molecule has 0 atom stereocenters. The van der Waals surface area contributed by atoms with Crippen LogP contribution in [-0.2, 0) is 0 Å². The van der Waals surface area contributed by atoms with E-state index in [2.05, 4.69) is 26.5 Å². The van der Waals surface area contributed by atoms with Crippen LogP contribution in [0.1, 0.15) is 39.5 Å². The van der Waals surface area contributed by atoms with E-state index in [1.165, 1.54) is 25.7 Å². The molecule has 0 aromatic carbocycles. The first-order chi connectivity index (χ1) is 4.64. The Morgan fingerprint density at radius 2 is 2.10 bits per heavy atom. The van der Waals surface area contributed by atoms with Crippen molar-refractivity contribution in [2.75, 3.05) is 0 Å².